The summed E-state index contributed by atoms with van der Waals surface area (Å²) in [7, 11) is 0. The maximum absolute atomic E-state index is 5.18. The zero-order valence-electron chi connectivity index (χ0n) is 21.2. The van der Waals surface area contributed by atoms with Crippen molar-refractivity contribution in [2.45, 2.75) is 0 Å². The van der Waals surface area contributed by atoms with Crippen LogP contribution in [0.2, 0.25) is 0 Å². The Morgan fingerprint density at radius 3 is 2.05 bits per heavy atom. The summed E-state index contributed by atoms with van der Waals surface area (Å²) in [5.74, 6) is 1.49. The van der Waals surface area contributed by atoms with Crippen molar-refractivity contribution >= 4 is 70.6 Å². The molecule has 2 aromatic heterocycles. The maximum Gasteiger partial charge on any atom is 0.162 e. The van der Waals surface area contributed by atoms with Gasteiger partial charge in [0.05, 0.1) is 16.6 Å². The number of para-hydroxylation sites is 1. The molecule has 0 aliphatic heterocycles. The molecule has 0 unspecified atom stereocenters. The fourth-order valence-electron chi connectivity index (χ4n) is 6.28. The zero-order chi connectivity index (χ0) is 26.1. The number of benzene rings is 6. The van der Waals surface area contributed by atoms with Crippen LogP contribution in [0.3, 0.4) is 0 Å². The normalized spacial score (nSPS) is 12.5. The third kappa shape index (κ3) is 2.93. The first-order valence-corrected chi connectivity index (χ1v) is 13.1. The summed E-state index contributed by atoms with van der Waals surface area (Å²) in [4.78, 5) is 10.1. The van der Waals surface area contributed by atoms with Crippen LogP contribution in [0.15, 0.2) is 128 Å². The smallest absolute Gasteiger partial charge is 0.162 e. The number of nitrogens with zero attached hydrogens (tertiary/aromatic N) is 3. The van der Waals surface area contributed by atoms with Crippen LogP contribution in [-0.4, -0.2) is 14.5 Å². The molecular formula is C36H23N3. The van der Waals surface area contributed by atoms with E-state index in [1.165, 1.54) is 43.1 Å². The summed E-state index contributed by atoms with van der Waals surface area (Å²) in [6.07, 6.45) is 5.44. The van der Waals surface area contributed by atoms with Gasteiger partial charge in [0.25, 0.3) is 0 Å². The third-order valence-electron chi connectivity index (χ3n) is 7.88. The monoisotopic (exact) mass is 497 g/mol. The number of allylic oxidation sites excluding steroid dienone is 4. The van der Waals surface area contributed by atoms with Crippen LogP contribution in [0, 0.1) is 0 Å². The number of hydrogen-bond donors (Lipinski definition) is 0. The molecule has 3 heteroatoms. The molecular weight excluding hydrogens is 474 g/mol. The number of fused-ring (bicyclic) bond motifs is 6. The molecule has 0 saturated carbocycles. The van der Waals surface area contributed by atoms with Crippen LogP contribution in [0.5, 0.6) is 0 Å². The van der Waals surface area contributed by atoms with Crippen molar-refractivity contribution in [1.29, 1.82) is 0 Å². The highest BCUT2D eigenvalue weighted by atomic mass is 15.1. The second-order valence-electron chi connectivity index (χ2n) is 9.89. The first-order valence-electron chi connectivity index (χ1n) is 13.1. The Morgan fingerprint density at radius 2 is 1.26 bits per heavy atom. The van der Waals surface area contributed by atoms with Gasteiger partial charge in [-0.3, -0.25) is 4.57 Å². The van der Waals surface area contributed by atoms with E-state index in [-0.39, 0.29) is 0 Å². The minimum absolute atomic E-state index is 0.630. The van der Waals surface area contributed by atoms with Crippen LogP contribution >= 0.6 is 0 Å². The van der Waals surface area contributed by atoms with Crippen molar-refractivity contribution in [2.24, 2.45) is 0 Å². The third-order valence-corrected chi connectivity index (χ3v) is 7.88. The predicted octanol–water partition coefficient (Wildman–Crippen LogP) is 9.38. The van der Waals surface area contributed by atoms with Gasteiger partial charge in [-0.05, 0) is 56.6 Å². The van der Waals surface area contributed by atoms with Crippen molar-refractivity contribution in [3.8, 4) is 5.82 Å². The minimum Gasteiger partial charge on any atom is -0.293 e. The van der Waals surface area contributed by atoms with E-state index >= 15 is 0 Å². The standard InChI is InChI=1S/C36H23N3/c1-3-11-22(4-2)35-37-29-17-8-7-14-27(29)36(38-35)39-30-18-9-15-25-26-21-20-23-12-5-6-13-24(23)32(26)28-16-10-19-31(39)34(28)33(25)30/h3-21H,1-2H2/b22-11+. The van der Waals surface area contributed by atoms with E-state index in [4.69, 9.17) is 9.97 Å². The lowest BCUT2D eigenvalue weighted by Crippen LogP contribution is -2.04. The first-order chi connectivity index (χ1) is 19.3. The van der Waals surface area contributed by atoms with Gasteiger partial charge in [-0.2, -0.15) is 0 Å². The highest BCUT2D eigenvalue weighted by Crippen LogP contribution is 2.45. The van der Waals surface area contributed by atoms with Gasteiger partial charge in [0.1, 0.15) is 5.82 Å². The van der Waals surface area contributed by atoms with Gasteiger partial charge in [0.2, 0.25) is 0 Å². The predicted molar refractivity (Wildman–Crippen MR) is 166 cm³/mol. The van der Waals surface area contributed by atoms with E-state index in [0.29, 0.717) is 5.82 Å². The first kappa shape index (κ1) is 21.8. The highest BCUT2D eigenvalue weighted by Gasteiger charge is 2.22. The average Bonchev–Trinajstić information content (AvgIpc) is 3.33. The van der Waals surface area contributed by atoms with Crippen molar-refractivity contribution < 1.29 is 0 Å². The lowest BCUT2D eigenvalue weighted by Gasteiger charge is -2.12. The molecule has 8 aromatic rings. The van der Waals surface area contributed by atoms with Gasteiger partial charge in [-0.15, -0.1) is 0 Å². The van der Waals surface area contributed by atoms with Crippen LogP contribution in [0.1, 0.15) is 5.82 Å². The SMILES string of the molecule is C=C/C=C(\C=C)c1nc(-n2c3cccc4c5ccc6ccccc6c5c5cccc2c5c43)c2ccccc2n1. The Labute approximate surface area is 225 Å². The summed E-state index contributed by atoms with van der Waals surface area (Å²) in [5.41, 5.74) is 4.00. The molecule has 0 spiro atoms. The molecule has 182 valence electrons. The van der Waals surface area contributed by atoms with Crippen LogP contribution in [-0.2, 0) is 0 Å². The van der Waals surface area contributed by atoms with E-state index in [1.807, 2.05) is 24.3 Å². The summed E-state index contributed by atoms with van der Waals surface area (Å²) in [6.45, 7) is 7.88. The van der Waals surface area contributed by atoms with Gasteiger partial charge >= 0.3 is 0 Å². The Hall–Kier alpha value is -5.28. The Bertz CT molecular complexity index is 2320. The average molecular weight is 498 g/mol. The summed E-state index contributed by atoms with van der Waals surface area (Å²) < 4.78 is 2.31. The van der Waals surface area contributed by atoms with E-state index in [2.05, 4.69) is 96.6 Å². The molecule has 0 aliphatic carbocycles. The molecule has 39 heavy (non-hydrogen) atoms. The zero-order valence-corrected chi connectivity index (χ0v) is 21.2. The minimum atomic E-state index is 0.630. The van der Waals surface area contributed by atoms with Gasteiger partial charge in [0, 0.05) is 21.7 Å². The quantitative estimate of drug-likeness (QED) is 0.179. The van der Waals surface area contributed by atoms with Crippen molar-refractivity contribution in [3.63, 3.8) is 0 Å². The lowest BCUT2D eigenvalue weighted by molar-refractivity contribution is 1.05. The van der Waals surface area contributed by atoms with Crippen molar-refractivity contribution in [2.75, 3.05) is 0 Å². The highest BCUT2D eigenvalue weighted by molar-refractivity contribution is 6.38. The molecule has 6 aromatic carbocycles. The molecule has 0 radical (unpaired) electrons. The second-order valence-corrected chi connectivity index (χ2v) is 9.89. The van der Waals surface area contributed by atoms with E-state index in [1.54, 1.807) is 12.2 Å². The number of aromatic nitrogens is 3. The summed E-state index contributed by atoms with van der Waals surface area (Å²) in [6, 6.07) is 34.7. The van der Waals surface area contributed by atoms with Gasteiger partial charge in [-0.1, -0.05) is 104 Å². The van der Waals surface area contributed by atoms with Crippen LogP contribution < -0.4 is 0 Å². The molecule has 0 N–H and O–H groups in total. The van der Waals surface area contributed by atoms with Crippen molar-refractivity contribution in [1.82, 2.24) is 14.5 Å². The van der Waals surface area contributed by atoms with E-state index < -0.39 is 0 Å². The summed E-state index contributed by atoms with van der Waals surface area (Å²) >= 11 is 0. The van der Waals surface area contributed by atoms with Crippen molar-refractivity contribution in [3.05, 3.63) is 134 Å². The molecule has 8 rings (SSSR count). The fourth-order valence-corrected chi connectivity index (χ4v) is 6.28. The number of hydrogen-bond acceptors (Lipinski definition) is 2. The van der Waals surface area contributed by atoms with E-state index in [0.717, 1.165) is 33.3 Å². The molecule has 0 bridgehead atoms. The van der Waals surface area contributed by atoms with Crippen LogP contribution in [0.4, 0.5) is 0 Å². The van der Waals surface area contributed by atoms with Gasteiger partial charge < -0.3 is 0 Å². The molecule has 0 aliphatic rings. The molecule has 0 amide bonds. The van der Waals surface area contributed by atoms with E-state index in [9.17, 15) is 0 Å². The molecule has 2 heterocycles. The topological polar surface area (TPSA) is 30.7 Å². The van der Waals surface area contributed by atoms with Gasteiger partial charge in [0.15, 0.2) is 5.82 Å². The van der Waals surface area contributed by atoms with Gasteiger partial charge in [-0.25, -0.2) is 9.97 Å². The Morgan fingerprint density at radius 1 is 0.590 bits per heavy atom. The molecule has 0 saturated heterocycles. The van der Waals surface area contributed by atoms with Crippen LogP contribution in [0.25, 0.3) is 76.4 Å². The summed E-state index contributed by atoms with van der Waals surface area (Å²) in [5, 5.41) is 11.1. The molecule has 3 nitrogen and oxygen atoms in total. The lowest BCUT2D eigenvalue weighted by atomic mass is 9.91. The fraction of sp³-hybridized carbons (Fsp3) is 0. The Balaban J connectivity index is 1.61. The second kappa shape index (κ2) is 8.11. The maximum atomic E-state index is 5.18. The Kier molecular flexibility index (Phi) is 4.53. The molecule has 0 atom stereocenters. The molecule has 0 fully saturated rings. The number of rotatable bonds is 4. The largest absolute Gasteiger partial charge is 0.293 e.